The van der Waals surface area contributed by atoms with E-state index < -0.39 is 0 Å². The molecule has 0 aliphatic carbocycles. The molecule has 2 fully saturated rings. The maximum absolute atomic E-state index is 12.5. The third kappa shape index (κ3) is 5.40. The summed E-state index contributed by atoms with van der Waals surface area (Å²) in [4.78, 5) is 26.2. The molecule has 2 saturated heterocycles. The molecule has 7 nitrogen and oxygen atoms in total. The van der Waals surface area contributed by atoms with Crippen LogP contribution in [0, 0.1) is 5.92 Å². The highest BCUT2D eigenvalue weighted by atomic mass is 16.5. The maximum Gasteiger partial charge on any atom is 0.225 e. The molecule has 0 radical (unpaired) electrons. The standard InChI is InChI=1S/C23H31N5O2/c29-22(24-11-16-30-21-7-3-1-4-8-21)19-9-14-27(15-10-19)20-17-25-23(26-18-20)28-12-5-2-6-13-28/h1,3-4,7-8,17-19H,2,5-6,9-16H2,(H,24,29). The highest BCUT2D eigenvalue weighted by molar-refractivity contribution is 5.79. The molecule has 4 rings (SSSR count). The Morgan fingerprint density at radius 3 is 2.37 bits per heavy atom. The number of carbonyl (C=O) groups excluding carboxylic acids is 1. The largest absolute Gasteiger partial charge is 0.492 e. The van der Waals surface area contributed by atoms with Gasteiger partial charge in [-0.2, -0.15) is 0 Å². The zero-order valence-corrected chi connectivity index (χ0v) is 17.5. The molecule has 1 aromatic heterocycles. The lowest BCUT2D eigenvalue weighted by atomic mass is 9.96. The number of piperidine rings is 2. The summed E-state index contributed by atoms with van der Waals surface area (Å²) in [6, 6.07) is 9.67. The van der Waals surface area contributed by atoms with Gasteiger partial charge in [0.1, 0.15) is 12.4 Å². The molecule has 1 N–H and O–H groups in total. The molecule has 0 bridgehead atoms. The number of benzene rings is 1. The highest BCUT2D eigenvalue weighted by Gasteiger charge is 2.25. The number of hydrogen-bond acceptors (Lipinski definition) is 6. The van der Waals surface area contributed by atoms with Crippen LogP contribution in [0.1, 0.15) is 32.1 Å². The summed E-state index contributed by atoms with van der Waals surface area (Å²) in [5, 5.41) is 3.01. The number of nitrogens with zero attached hydrogens (tertiary/aromatic N) is 4. The zero-order valence-electron chi connectivity index (χ0n) is 17.5. The second kappa shape index (κ2) is 10.3. The van der Waals surface area contributed by atoms with Crippen molar-refractivity contribution >= 4 is 17.5 Å². The zero-order chi connectivity index (χ0) is 20.6. The van der Waals surface area contributed by atoms with E-state index in [1.165, 1.54) is 19.3 Å². The topological polar surface area (TPSA) is 70.6 Å². The van der Waals surface area contributed by atoms with E-state index in [1.54, 1.807) is 0 Å². The van der Waals surface area contributed by atoms with Gasteiger partial charge in [0.25, 0.3) is 0 Å². The van der Waals surface area contributed by atoms with Gasteiger partial charge in [0, 0.05) is 32.1 Å². The van der Waals surface area contributed by atoms with Crippen molar-refractivity contribution in [1.29, 1.82) is 0 Å². The van der Waals surface area contributed by atoms with Gasteiger partial charge >= 0.3 is 0 Å². The first-order chi connectivity index (χ1) is 14.8. The first kappa shape index (κ1) is 20.4. The summed E-state index contributed by atoms with van der Waals surface area (Å²) < 4.78 is 5.63. The van der Waals surface area contributed by atoms with E-state index in [2.05, 4.69) is 25.1 Å². The fourth-order valence-electron chi connectivity index (χ4n) is 4.14. The van der Waals surface area contributed by atoms with Gasteiger partial charge in [0.05, 0.1) is 24.6 Å². The molecule has 0 unspecified atom stereocenters. The smallest absolute Gasteiger partial charge is 0.225 e. The second-order valence-corrected chi connectivity index (χ2v) is 8.00. The Balaban J connectivity index is 1.18. The van der Waals surface area contributed by atoms with Gasteiger partial charge in [-0.3, -0.25) is 4.79 Å². The molecule has 0 atom stereocenters. The first-order valence-electron chi connectivity index (χ1n) is 11.1. The average Bonchev–Trinajstić information content (AvgIpc) is 2.83. The van der Waals surface area contributed by atoms with Crippen molar-refractivity contribution in [1.82, 2.24) is 15.3 Å². The first-order valence-corrected chi connectivity index (χ1v) is 11.1. The molecule has 1 amide bonds. The van der Waals surface area contributed by atoms with E-state index in [0.29, 0.717) is 13.2 Å². The lowest BCUT2D eigenvalue weighted by Gasteiger charge is -2.33. The van der Waals surface area contributed by atoms with Crippen molar-refractivity contribution < 1.29 is 9.53 Å². The van der Waals surface area contributed by atoms with Crippen LogP contribution in [-0.2, 0) is 4.79 Å². The van der Waals surface area contributed by atoms with E-state index in [-0.39, 0.29) is 11.8 Å². The van der Waals surface area contributed by atoms with E-state index in [1.807, 2.05) is 42.7 Å². The number of hydrogen-bond donors (Lipinski definition) is 1. The Morgan fingerprint density at radius 1 is 0.967 bits per heavy atom. The van der Waals surface area contributed by atoms with Crippen LogP contribution in [0.2, 0.25) is 0 Å². The normalized spacial score (nSPS) is 17.6. The van der Waals surface area contributed by atoms with Crippen LogP contribution in [-0.4, -0.2) is 55.2 Å². The van der Waals surface area contributed by atoms with Crippen LogP contribution >= 0.6 is 0 Å². The molecule has 2 aliphatic heterocycles. The van der Waals surface area contributed by atoms with E-state index >= 15 is 0 Å². The summed E-state index contributed by atoms with van der Waals surface area (Å²) in [5.74, 6) is 1.86. The Kier molecular flexibility index (Phi) is 7.00. The van der Waals surface area contributed by atoms with Gasteiger partial charge < -0.3 is 19.9 Å². The molecule has 0 saturated carbocycles. The quantitative estimate of drug-likeness (QED) is 0.709. The molecule has 3 heterocycles. The number of rotatable bonds is 7. The Morgan fingerprint density at radius 2 is 1.67 bits per heavy atom. The highest BCUT2D eigenvalue weighted by Crippen LogP contribution is 2.24. The monoisotopic (exact) mass is 409 g/mol. The van der Waals surface area contributed by atoms with Crippen molar-refractivity contribution in [2.75, 3.05) is 49.1 Å². The predicted octanol–water partition coefficient (Wildman–Crippen LogP) is 2.88. The average molecular weight is 410 g/mol. The summed E-state index contributed by atoms with van der Waals surface area (Å²) in [6.45, 7) is 4.82. The Hall–Kier alpha value is -2.83. The minimum Gasteiger partial charge on any atom is -0.492 e. The summed E-state index contributed by atoms with van der Waals surface area (Å²) >= 11 is 0. The predicted molar refractivity (Wildman–Crippen MR) is 118 cm³/mol. The third-order valence-corrected chi connectivity index (χ3v) is 5.91. The third-order valence-electron chi connectivity index (χ3n) is 5.91. The molecule has 160 valence electrons. The van der Waals surface area contributed by atoms with Gasteiger partial charge in [-0.15, -0.1) is 0 Å². The number of nitrogens with one attached hydrogen (secondary N) is 1. The van der Waals surface area contributed by atoms with Gasteiger partial charge in [-0.05, 0) is 44.2 Å². The summed E-state index contributed by atoms with van der Waals surface area (Å²) in [6.07, 6.45) is 9.30. The Labute approximate surface area is 178 Å². The maximum atomic E-state index is 12.5. The summed E-state index contributed by atoms with van der Waals surface area (Å²) in [7, 11) is 0. The molecular formula is C23H31N5O2. The number of amides is 1. The lowest BCUT2D eigenvalue weighted by Crippen LogP contribution is -2.41. The number of ether oxygens (including phenoxy) is 1. The molecule has 2 aliphatic rings. The fraction of sp³-hybridized carbons (Fsp3) is 0.522. The Bertz CT molecular complexity index is 785. The van der Waals surface area contributed by atoms with Crippen molar-refractivity contribution in [3.05, 3.63) is 42.7 Å². The number of carbonyl (C=O) groups is 1. The van der Waals surface area contributed by atoms with Crippen LogP contribution < -0.4 is 19.9 Å². The van der Waals surface area contributed by atoms with Gasteiger partial charge in [0.15, 0.2) is 0 Å². The minimum absolute atomic E-state index is 0.0616. The van der Waals surface area contributed by atoms with E-state index in [4.69, 9.17) is 4.74 Å². The molecule has 30 heavy (non-hydrogen) atoms. The van der Waals surface area contributed by atoms with E-state index in [9.17, 15) is 4.79 Å². The number of aromatic nitrogens is 2. The van der Waals surface area contributed by atoms with Crippen LogP contribution in [0.3, 0.4) is 0 Å². The molecule has 2 aromatic rings. The second-order valence-electron chi connectivity index (χ2n) is 8.00. The van der Waals surface area contributed by atoms with Crippen molar-refractivity contribution in [2.24, 2.45) is 5.92 Å². The molecular weight excluding hydrogens is 378 g/mol. The molecule has 1 aromatic carbocycles. The SMILES string of the molecule is O=C(NCCOc1ccccc1)C1CCN(c2cnc(N3CCCCC3)nc2)CC1. The van der Waals surface area contributed by atoms with Crippen molar-refractivity contribution in [3.63, 3.8) is 0 Å². The van der Waals surface area contributed by atoms with Crippen molar-refractivity contribution in [2.45, 2.75) is 32.1 Å². The fourth-order valence-corrected chi connectivity index (χ4v) is 4.14. The van der Waals surface area contributed by atoms with Crippen molar-refractivity contribution in [3.8, 4) is 5.75 Å². The minimum atomic E-state index is 0.0616. The number of para-hydroxylation sites is 1. The van der Waals surface area contributed by atoms with Crippen LogP contribution in [0.25, 0.3) is 0 Å². The lowest BCUT2D eigenvalue weighted by molar-refractivity contribution is -0.125. The van der Waals surface area contributed by atoms with E-state index in [0.717, 1.165) is 56.4 Å². The van der Waals surface area contributed by atoms with Crippen LogP contribution in [0.15, 0.2) is 42.7 Å². The molecule has 7 heteroatoms. The summed E-state index contributed by atoms with van der Waals surface area (Å²) in [5.41, 5.74) is 1.05. The number of anilines is 2. The van der Waals surface area contributed by atoms with Gasteiger partial charge in [-0.25, -0.2) is 9.97 Å². The molecule has 0 spiro atoms. The van der Waals surface area contributed by atoms with Crippen LogP contribution in [0.5, 0.6) is 5.75 Å². The van der Waals surface area contributed by atoms with Crippen LogP contribution in [0.4, 0.5) is 11.6 Å². The van der Waals surface area contributed by atoms with Gasteiger partial charge in [-0.1, -0.05) is 18.2 Å². The van der Waals surface area contributed by atoms with Gasteiger partial charge in [0.2, 0.25) is 11.9 Å².